The number of nitrogens with zero attached hydrogens (tertiary/aromatic N) is 1. The third-order valence-electron chi connectivity index (χ3n) is 3.34. The lowest BCUT2D eigenvalue weighted by atomic mass is 10.1. The molecule has 1 unspecified atom stereocenters. The molecule has 0 spiro atoms. The Morgan fingerprint density at radius 1 is 1.25 bits per heavy atom. The number of carbonyl (C=O) groups is 1. The molecule has 7 heteroatoms. The van der Waals surface area contributed by atoms with Gasteiger partial charge in [-0.25, -0.2) is 0 Å². The summed E-state index contributed by atoms with van der Waals surface area (Å²) in [6.07, 6.45) is 0. The molecule has 0 aliphatic heterocycles. The lowest BCUT2D eigenvalue weighted by Gasteiger charge is -2.14. The van der Waals surface area contributed by atoms with E-state index in [2.05, 4.69) is 17.6 Å². The number of anilines is 1. The highest BCUT2D eigenvalue weighted by molar-refractivity contribution is 8.00. The van der Waals surface area contributed by atoms with Crippen LogP contribution in [0.25, 0.3) is 0 Å². The van der Waals surface area contributed by atoms with E-state index in [4.69, 9.17) is 0 Å². The second-order valence-corrected chi connectivity index (χ2v) is 6.70. The number of hydrogen-bond acceptors (Lipinski definition) is 5. The monoisotopic (exact) mass is 345 g/mol. The summed E-state index contributed by atoms with van der Waals surface area (Å²) in [4.78, 5) is 23.5. The van der Waals surface area contributed by atoms with Crippen LogP contribution in [0.1, 0.15) is 17.3 Å². The topological polar surface area (TPSA) is 84.3 Å². The van der Waals surface area contributed by atoms with Gasteiger partial charge in [-0.05, 0) is 24.3 Å². The van der Waals surface area contributed by atoms with Gasteiger partial charge in [0.05, 0.1) is 4.92 Å². The summed E-state index contributed by atoms with van der Waals surface area (Å²) in [5.74, 6) is -0.349. The zero-order chi connectivity index (χ0) is 17.5. The highest BCUT2D eigenvalue weighted by Gasteiger charge is 2.17. The quantitative estimate of drug-likeness (QED) is 0.455. The van der Waals surface area contributed by atoms with Gasteiger partial charge in [0.1, 0.15) is 5.69 Å². The van der Waals surface area contributed by atoms with Gasteiger partial charge < -0.3 is 10.6 Å². The molecule has 0 aliphatic rings. The molecule has 0 fully saturated rings. The van der Waals surface area contributed by atoms with Crippen molar-refractivity contribution in [3.8, 4) is 0 Å². The minimum absolute atomic E-state index is 0.104. The maximum Gasteiger partial charge on any atom is 0.293 e. The summed E-state index contributed by atoms with van der Waals surface area (Å²) in [6.45, 7) is 2.62. The molecule has 0 aromatic heterocycles. The maximum atomic E-state index is 11.6. The molecule has 1 amide bonds. The molecule has 2 aromatic rings. The molecular weight excluding hydrogens is 326 g/mol. The number of nitrogens with one attached hydrogen (secondary N) is 2. The van der Waals surface area contributed by atoms with Gasteiger partial charge >= 0.3 is 0 Å². The minimum atomic E-state index is -0.482. The van der Waals surface area contributed by atoms with E-state index >= 15 is 0 Å². The number of nitro groups is 1. The summed E-state index contributed by atoms with van der Waals surface area (Å²) in [7, 11) is 1.49. The lowest BCUT2D eigenvalue weighted by molar-refractivity contribution is -0.384. The Morgan fingerprint density at radius 2 is 1.96 bits per heavy atom. The fraction of sp³-hybridized carbons (Fsp3) is 0.235. The Bertz CT molecular complexity index is 722. The van der Waals surface area contributed by atoms with Crippen LogP contribution in [0.5, 0.6) is 0 Å². The Hall–Kier alpha value is -2.54. The second-order valence-electron chi connectivity index (χ2n) is 5.19. The molecule has 0 bridgehead atoms. The van der Waals surface area contributed by atoms with Crippen LogP contribution >= 0.6 is 11.8 Å². The number of thioether (sulfide) groups is 1. The van der Waals surface area contributed by atoms with Crippen molar-refractivity contribution in [3.63, 3.8) is 0 Å². The maximum absolute atomic E-state index is 11.6. The number of amides is 1. The minimum Gasteiger partial charge on any atom is -0.378 e. The van der Waals surface area contributed by atoms with E-state index in [1.165, 1.54) is 13.1 Å². The average molecular weight is 345 g/mol. The molecule has 0 radical (unpaired) electrons. The third-order valence-corrected chi connectivity index (χ3v) is 4.46. The first kappa shape index (κ1) is 17.8. The van der Waals surface area contributed by atoms with Crippen LogP contribution in [0.15, 0.2) is 53.4 Å². The van der Waals surface area contributed by atoms with Crippen molar-refractivity contribution < 1.29 is 9.72 Å². The number of nitro benzene ring substituents is 1. The van der Waals surface area contributed by atoms with Gasteiger partial charge in [0.2, 0.25) is 0 Å². The Morgan fingerprint density at radius 3 is 2.58 bits per heavy atom. The van der Waals surface area contributed by atoms with E-state index in [0.717, 1.165) is 4.90 Å². The first-order valence-corrected chi connectivity index (χ1v) is 8.35. The van der Waals surface area contributed by atoms with Crippen LogP contribution in [0, 0.1) is 10.1 Å². The molecule has 0 aliphatic carbocycles. The number of hydrogen-bond donors (Lipinski definition) is 2. The standard InChI is InChI=1S/C17H19N3O3S/c1-12(24-14-6-4-3-5-7-14)11-19-15-9-8-13(17(21)18-2)10-16(15)20(22)23/h3-10,12,19H,11H2,1-2H3,(H,18,21). The SMILES string of the molecule is CNC(=O)c1ccc(NCC(C)Sc2ccccc2)c([N+](=O)[O-])c1. The van der Waals surface area contributed by atoms with Crippen LogP contribution in [0.4, 0.5) is 11.4 Å². The van der Waals surface area contributed by atoms with Crippen LogP contribution in [0.3, 0.4) is 0 Å². The molecule has 126 valence electrons. The first-order chi connectivity index (χ1) is 11.5. The van der Waals surface area contributed by atoms with Gasteiger partial charge in [0.25, 0.3) is 11.6 Å². The van der Waals surface area contributed by atoms with Gasteiger partial charge in [-0.2, -0.15) is 0 Å². The van der Waals surface area contributed by atoms with E-state index in [9.17, 15) is 14.9 Å². The Labute approximate surface area is 144 Å². The molecule has 2 rings (SSSR count). The van der Waals surface area contributed by atoms with Crippen LogP contribution in [-0.4, -0.2) is 29.7 Å². The molecule has 24 heavy (non-hydrogen) atoms. The van der Waals surface area contributed by atoms with Crippen molar-refractivity contribution in [2.75, 3.05) is 18.9 Å². The molecule has 2 aromatic carbocycles. The molecular formula is C17H19N3O3S. The third kappa shape index (κ3) is 4.73. The molecule has 6 nitrogen and oxygen atoms in total. The largest absolute Gasteiger partial charge is 0.378 e. The van der Waals surface area contributed by atoms with Crippen molar-refractivity contribution >= 4 is 29.0 Å². The van der Waals surface area contributed by atoms with Gasteiger partial charge in [-0.1, -0.05) is 25.1 Å². The predicted molar refractivity (Wildman–Crippen MR) is 96.7 cm³/mol. The molecule has 0 heterocycles. The smallest absolute Gasteiger partial charge is 0.293 e. The molecule has 1 atom stereocenters. The first-order valence-electron chi connectivity index (χ1n) is 7.47. The van der Waals surface area contributed by atoms with Crippen molar-refractivity contribution in [1.82, 2.24) is 5.32 Å². The summed E-state index contributed by atoms with van der Waals surface area (Å²) in [6, 6.07) is 14.4. The van der Waals surface area contributed by atoms with E-state index in [1.807, 2.05) is 30.3 Å². The zero-order valence-electron chi connectivity index (χ0n) is 13.5. The average Bonchev–Trinajstić information content (AvgIpc) is 2.60. The lowest BCUT2D eigenvalue weighted by Crippen LogP contribution is -2.18. The predicted octanol–water partition coefficient (Wildman–Crippen LogP) is 3.55. The summed E-state index contributed by atoms with van der Waals surface area (Å²) < 4.78 is 0. The van der Waals surface area contributed by atoms with Gasteiger partial charge in [0, 0.05) is 35.4 Å². The van der Waals surface area contributed by atoms with Gasteiger partial charge in [-0.15, -0.1) is 11.8 Å². The van der Waals surface area contributed by atoms with Crippen molar-refractivity contribution in [3.05, 3.63) is 64.2 Å². The zero-order valence-corrected chi connectivity index (χ0v) is 14.3. The molecule has 0 saturated carbocycles. The normalized spacial score (nSPS) is 11.6. The van der Waals surface area contributed by atoms with Crippen LogP contribution < -0.4 is 10.6 Å². The fourth-order valence-corrected chi connectivity index (χ4v) is 3.09. The van der Waals surface area contributed by atoms with Crippen LogP contribution in [-0.2, 0) is 0 Å². The number of carbonyl (C=O) groups excluding carboxylic acids is 1. The van der Waals surface area contributed by atoms with Crippen molar-refractivity contribution in [1.29, 1.82) is 0 Å². The number of rotatable bonds is 7. The summed E-state index contributed by atoms with van der Waals surface area (Å²) in [5.41, 5.74) is 0.572. The van der Waals surface area contributed by atoms with Gasteiger partial charge in [-0.3, -0.25) is 14.9 Å². The fourth-order valence-electron chi connectivity index (χ4n) is 2.14. The molecule has 0 saturated heterocycles. The number of benzene rings is 2. The van der Waals surface area contributed by atoms with Crippen molar-refractivity contribution in [2.45, 2.75) is 17.1 Å². The van der Waals surface area contributed by atoms with Gasteiger partial charge in [0.15, 0.2) is 0 Å². The van der Waals surface area contributed by atoms with E-state index in [0.29, 0.717) is 12.2 Å². The van der Waals surface area contributed by atoms with Crippen LogP contribution in [0.2, 0.25) is 0 Å². The van der Waals surface area contributed by atoms with E-state index in [-0.39, 0.29) is 22.4 Å². The highest BCUT2D eigenvalue weighted by atomic mass is 32.2. The summed E-state index contributed by atoms with van der Waals surface area (Å²) in [5, 5.41) is 17.0. The Balaban J connectivity index is 2.06. The van der Waals surface area contributed by atoms with E-state index in [1.54, 1.807) is 23.9 Å². The summed E-state index contributed by atoms with van der Waals surface area (Å²) >= 11 is 1.69. The van der Waals surface area contributed by atoms with Crippen molar-refractivity contribution in [2.24, 2.45) is 0 Å². The molecule has 2 N–H and O–H groups in total. The Kier molecular flexibility index (Phi) is 6.20. The second kappa shape index (κ2) is 8.35. The highest BCUT2D eigenvalue weighted by Crippen LogP contribution is 2.27. The van der Waals surface area contributed by atoms with E-state index < -0.39 is 4.92 Å².